The first-order valence-electron chi connectivity index (χ1n) is 7.56. The van der Waals surface area contributed by atoms with Gasteiger partial charge in [-0.15, -0.1) is 0 Å². The number of aryl methyl sites for hydroxylation is 1. The summed E-state index contributed by atoms with van der Waals surface area (Å²) in [5.41, 5.74) is 2.80. The highest BCUT2D eigenvalue weighted by Crippen LogP contribution is 2.20. The third-order valence-electron chi connectivity index (χ3n) is 3.53. The minimum atomic E-state index is 0.282. The van der Waals surface area contributed by atoms with Crippen LogP contribution in [0, 0.1) is 0 Å². The molecule has 1 aromatic carbocycles. The van der Waals surface area contributed by atoms with Gasteiger partial charge in [0.15, 0.2) is 0 Å². The molecule has 0 aliphatic carbocycles. The quantitative estimate of drug-likeness (QED) is 0.724. The summed E-state index contributed by atoms with van der Waals surface area (Å²) in [6.07, 6.45) is 4.83. The maximum atomic E-state index is 5.40. The zero-order valence-corrected chi connectivity index (χ0v) is 12.9. The normalized spacial score (nSPS) is 14.3. The van der Waals surface area contributed by atoms with E-state index >= 15 is 0 Å². The Kier molecular flexibility index (Phi) is 7.76. The van der Waals surface area contributed by atoms with Crippen LogP contribution in [0.1, 0.15) is 57.2 Å². The zero-order valence-electron chi connectivity index (χ0n) is 12.9. The summed E-state index contributed by atoms with van der Waals surface area (Å²) in [5.74, 6) is 0. The van der Waals surface area contributed by atoms with Crippen LogP contribution in [0.5, 0.6) is 0 Å². The second kappa shape index (κ2) is 9.11. The van der Waals surface area contributed by atoms with E-state index in [-0.39, 0.29) is 6.10 Å². The van der Waals surface area contributed by atoms with E-state index in [1.165, 1.54) is 24.0 Å². The number of methoxy groups -OCH3 is 1. The number of rotatable bonds is 9. The van der Waals surface area contributed by atoms with E-state index in [1.807, 2.05) is 0 Å². The third kappa shape index (κ3) is 5.75. The van der Waals surface area contributed by atoms with Gasteiger partial charge in [-0.1, -0.05) is 44.5 Å². The molecule has 0 radical (unpaired) electrons. The molecule has 19 heavy (non-hydrogen) atoms. The first-order valence-corrected chi connectivity index (χ1v) is 7.56. The van der Waals surface area contributed by atoms with Crippen LogP contribution in [-0.2, 0) is 11.2 Å². The monoisotopic (exact) mass is 263 g/mol. The molecule has 0 aliphatic heterocycles. The van der Waals surface area contributed by atoms with Crippen molar-refractivity contribution < 1.29 is 4.74 Å². The number of benzene rings is 1. The molecule has 1 aromatic rings. The predicted molar refractivity (Wildman–Crippen MR) is 82.6 cm³/mol. The van der Waals surface area contributed by atoms with Crippen molar-refractivity contribution in [2.75, 3.05) is 13.7 Å². The Labute approximate surface area is 118 Å². The van der Waals surface area contributed by atoms with E-state index in [4.69, 9.17) is 4.74 Å². The highest BCUT2D eigenvalue weighted by Gasteiger charge is 2.14. The Morgan fingerprint density at radius 3 is 2.32 bits per heavy atom. The van der Waals surface area contributed by atoms with Gasteiger partial charge in [-0.2, -0.15) is 0 Å². The molecule has 2 nitrogen and oxygen atoms in total. The van der Waals surface area contributed by atoms with Gasteiger partial charge < -0.3 is 10.1 Å². The van der Waals surface area contributed by atoms with Crippen molar-refractivity contribution in [1.29, 1.82) is 0 Å². The molecule has 1 rings (SSSR count). The van der Waals surface area contributed by atoms with Crippen LogP contribution in [0.15, 0.2) is 24.3 Å². The number of nitrogens with one attached hydrogen (secondary N) is 1. The Hall–Kier alpha value is -0.860. The lowest BCUT2D eigenvalue weighted by molar-refractivity contribution is 0.100. The summed E-state index contributed by atoms with van der Waals surface area (Å²) >= 11 is 0. The average molecular weight is 263 g/mol. The average Bonchev–Trinajstić information content (AvgIpc) is 2.44. The van der Waals surface area contributed by atoms with Crippen LogP contribution in [-0.4, -0.2) is 19.8 Å². The van der Waals surface area contributed by atoms with E-state index in [0.717, 1.165) is 19.4 Å². The summed E-state index contributed by atoms with van der Waals surface area (Å²) in [7, 11) is 1.78. The largest absolute Gasteiger partial charge is 0.382 e. The van der Waals surface area contributed by atoms with Crippen LogP contribution < -0.4 is 5.32 Å². The van der Waals surface area contributed by atoms with Gasteiger partial charge in [-0.05, 0) is 43.9 Å². The molecule has 2 atom stereocenters. The second-order valence-corrected chi connectivity index (χ2v) is 5.28. The molecule has 0 aromatic heterocycles. The molecule has 0 heterocycles. The standard InChI is InChI=1S/C17H29NO/c1-5-7-15-8-10-16(11-9-15)17(18-12-6-2)13-14(3)19-4/h8-11,14,17-18H,5-7,12-13H2,1-4H3. The molecule has 2 unspecified atom stereocenters. The van der Waals surface area contributed by atoms with Gasteiger partial charge >= 0.3 is 0 Å². The lowest BCUT2D eigenvalue weighted by Crippen LogP contribution is -2.26. The van der Waals surface area contributed by atoms with Crippen molar-refractivity contribution in [2.45, 2.75) is 58.6 Å². The second-order valence-electron chi connectivity index (χ2n) is 5.28. The van der Waals surface area contributed by atoms with E-state index < -0.39 is 0 Å². The van der Waals surface area contributed by atoms with E-state index in [2.05, 4.69) is 50.4 Å². The molecule has 2 heteroatoms. The Morgan fingerprint density at radius 1 is 1.11 bits per heavy atom. The molecule has 0 saturated carbocycles. The minimum Gasteiger partial charge on any atom is -0.382 e. The van der Waals surface area contributed by atoms with Gasteiger partial charge in [0.25, 0.3) is 0 Å². The van der Waals surface area contributed by atoms with Crippen molar-refractivity contribution >= 4 is 0 Å². The Bertz CT molecular complexity index is 334. The Balaban J connectivity index is 2.71. The molecule has 0 spiro atoms. The summed E-state index contributed by atoms with van der Waals surface area (Å²) in [5, 5.41) is 3.62. The molecule has 0 aliphatic rings. The van der Waals surface area contributed by atoms with Crippen molar-refractivity contribution in [3.8, 4) is 0 Å². The molecule has 1 N–H and O–H groups in total. The SMILES string of the molecule is CCCNC(CC(C)OC)c1ccc(CCC)cc1. The molecule has 0 bridgehead atoms. The van der Waals surface area contributed by atoms with Gasteiger partial charge in [0.1, 0.15) is 0 Å². The van der Waals surface area contributed by atoms with Gasteiger partial charge in [0.2, 0.25) is 0 Å². The van der Waals surface area contributed by atoms with E-state index in [0.29, 0.717) is 6.04 Å². The maximum Gasteiger partial charge on any atom is 0.0561 e. The van der Waals surface area contributed by atoms with Crippen molar-refractivity contribution in [2.24, 2.45) is 0 Å². The molecule has 0 fully saturated rings. The minimum absolute atomic E-state index is 0.282. The number of hydrogen-bond acceptors (Lipinski definition) is 2. The molecular weight excluding hydrogens is 234 g/mol. The van der Waals surface area contributed by atoms with Gasteiger partial charge in [0, 0.05) is 13.2 Å². The third-order valence-corrected chi connectivity index (χ3v) is 3.53. The number of ether oxygens (including phenoxy) is 1. The van der Waals surface area contributed by atoms with Crippen LogP contribution in [0.4, 0.5) is 0 Å². The fourth-order valence-corrected chi connectivity index (χ4v) is 2.29. The smallest absolute Gasteiger partial charge is 0.0561 e. The van der Waals surface area contributed by atoms with Crippen molar-refractivity contribution in [3.63, 3.8) is 0 Å². The summed E-state index contributed by atoms with van der Waals surface area (Å²) < 4.78 is 5.40. The lowest BCUT2D eigenvalue weighted by atomic mass is 9.98. The fourth-order valence-electron chi connectivity index (χ4n) is 2.29. The van der Waals surface area contributed by atoms with Crippen LogP contribution >= 0.6 is 0 Å². The summed E-state index contributed by atoms with van der Waals surface area (Å²) in [4.78, 5) is 0. The number of hydrogen-bond donors (Lipinski definition) is 1. The first kappa shape index (κ1) is 16.2. The van der Waals surface area contributed by atoms with Crippen molar-refractivity contribution in [3.05, 3.63) is 35.4 Å². The fraction of sp³-hybridized carbons (Fsp3) is 0.647. The van der Waals surface area contributed by atoms with Gasteiger partial charge in [0.05, 0.1) is 6.10 Å². The topological polar surface area (TPSA) is 21.3 Å². The van der Waals surface area contributed by atoms with E-state index in [9.17, 15) is 0 Å². The molecule has 0 saturated heterocycles. The van der Waals surface area contributed by atoms with Crippen LogP contribution in [0.25, 0.3) is 0 Å². The van der Waals surface area contributed by atoms with Crippen LogP contribution in [0.2, 0.25) is 0 Å². The van der Waals surface area contributed by atoms with Gasteiger partial charge in [-0.25, -0.2) is 0 Å². The predicted octanol–water partition coefficient (Wildman–Crippen LogP) is 4.10. The summed E-state index contributed by atoms with van der Waals surface area (Å²) in [6, 6.07) is 9.44. The highest BCUT2D eigenvalue weighted by atomic mass is 16.5. The van der Waals surface area contributed by atoms with E-state index in [1.54, 1.807) is 7.11 Å². The summed E-state index contributed by atoms with van der Waals surface area (Å²) in [6.45, 7) is 7.61. The lowest BCUT2D eigenvalue weighted by Gasteiger charge is -2.22. The Morgan fingerprint density at radius 2 is 1.79 bits per heavy atom. The maximum absolute atomic E-state index is 5.40. The van der Waals surface area contributed by atoms with Crippen LogP contribution in [0.3, 0.4) is 0 Å². The molecular formula is C17H29NO. The first-order chi connectivity index (χ1) is 9.21. The molecule has 0 amide bonds. The highest BCUT2D eigenvalue weighted by molar-refractivity contribution is 5.25. The van der Waals surface area contributed by atoms with Crippen molar-refractivity contribution in [1.82, 2.24) is 5.32 Å². The van der Waals surface area contributed by atoms with Gasteiger partial charge in [-0.3, -0.25) is 0 Å². The molecule has 108 valence electrons. The zero-order chi connectivity index (χ0) is 14.1.